The molecule has 182 valence electrons. The summed E-state index contributed by atoms with van der Waals surface area (Å²) < 4.78 is 46.1. The second-order valence-corrected chi connectivity index (χ2v) is 8.57. The van der Waals surface area contributed by atoms with E-state index in [9.17, 15) is 5.11 Å². The van der Waals surface area contributed by atoms with E-state index in [1.165, 1.54) is 27.2 Å². The predicted molar refractivity (Wildman–Crippen MR) is 122 cm³/mol. The van der Waals surface area contributed by atoms with Crippen LogP contribution in [0.15, 0.2) is 58.3 Å². The number of benzene rings is 1. The first-order chi connectivity index (χ1) is 15.8. The van der Waals surface area contributed by atoms with Crippen molar-refractivity contribution in [1.29, 1.82) is 0 Å². The molecule has 0 amide bonds. The van der Waals surface area contributed by atoms with Crippen LogP contribution in [0.1, 0.15) is 12.5 Å². The van der Waals surface area contributed by atoms with E-state index in [4.69, 9.17) is 25.8 Å². The first-order valence-corrected chi connectivity index (χ1v) is 11.0. The number of methoxy groups -OCH3 is 2. The highest BCUT2D eigenvalue weighted by Crippen LogP contribution is 2.48. The Morgan fingerprint density at radius 2 is 1.97 bits per heavy atom. The zero-order chi connectivity index (χ0) is 24.0. The molecule has 33 heavy (non-hydrogen) atoms. The molecule has 10 heteroatoms. The smallest absolute Gasteiger partial charge is 0.214 e. The van der Waals surface area contributed by atoms with Crippen molar-refractivity contribution < 1.29 is 28.1 Å². The third-order valence-electron chi connectivity index (χ3n) is 6.13. The number of rotatable bonds is 10. The van der Waals surface area contributed by atoms with Gasteiger partial charge >= 0.3 is 0 Å². The average Bonchev–Trinajstić information content (AvgIpc) is 3.20. The average molecular weight is 486 g/mol. The summed E-state index contributed by atoms with van der Waals surface area (Å²) in [6.07, 6.45) is -1.33. The fourth-order valence-corrected chi connectivity index (χ4v) is 4.25. The van der Waals surface area contributed by atoms with Gasteiger partial charge in [-0.1, -0.05) is 41.9 Å². The minimum absolute atomic E-state index is 0.00788. The lowest BCUT2D eigenvalue weighted by Gasteiger charge is -2.41. The molecular weight excluding hydrogens is 456 g/mol. The third kappa shape index (κ3) is 5.98. The molecule has 1 aromatic carbocycles. The van der Waals surface area contributed by atoms with Crippen LogP contribution in [0, 0.1) is 11.3 Å². The Balaban J connectivity index is 1.77. The van der Waals surface area contributed by atoms with Gasteiger partial charge in [0.05, 0.1) is 24.6 Å². The van der Waals surface area contributed by atoms with Gasteiger partial charge in [0.2, 0.25) is 6.41 Å². The van der Waals surface area contributed by atoms with Crippen molar-refractivity contribution in [2.45, 2.75) is 38.4 Å². The number of hydrogen-bond donors (Lipinski definition) is 3. The van der Waals surface area contributed by atoms with Gasteiger partial charge in [-0.15, -0.1) is 0 Å². The Bertz CT molecular complexity index is 882. The molecule has 0 saturated carbocycles. The highest BCUT2D eigenvalue weighted by atomic mass is 35.5. The van der Waals surface area contributed by atoms with Crippen LogP contribution in [-0.4, -0.2) is 63.2 Å². The Kier molecular flexibility index (Phi) is 8.97. The molecule has 1 aromatic rings. The third-order valence-corrected chi connectivity index (χ3v) is 6.37. The largest absolute Gasteiger partial charge is 0.367 e. The minimum atomic E-state index is -1.67. The highest BCUT2D eigenvalue weighted by molar-refractivity contribution is 6.31. The van der Waals surface area contributed by atoms with Gasteiger partial charge in [0.1, 0.15) is 17.8 Å². The Morgan fingerprint density at radius 1 is 1.27 bits per heavy atom. The summed E-state index contributed by atoms with van der Waals surface area (Å²) in [6, 6.07) is 8.59. The van der Waals surface area contributed by atoms with Crippen LogP contribution in [0.2, 0.25) is 0 Å². The molecular formula is C23H30ClF2N3O4. The first kappa shape index (κ1) is 25.7. The Hall–Kier alpha value is -1.88. The van der Waals surface area contributed by atoms with E-state index < -0.39 is 42.1 Å². The van der Waals surface area contributed by atoms with E-state index >= 15 is 8.78 Å². The molecule has 0 bridgehead atoms. The number of hydrogen-bond acceptors (Lipinski definition) is 7. The van der Waals surface area contributed by atoms with E-state index in [1.807, 2.05) is 30.3 Å². The van der Waals surface area contributed by atoms with Gasteiger partial charge in [0, 0.05) is 31.7 Å². The Labute approximate surface area is 197 Å². The number of allylic oxidation sites excluding steroid dienone is 4. The van der Waals surface area contributed by atoms with Crippen molar-refractivity contribution in [1.82, 2.24) is 10.6 Å². The maximum atomic E-state index is 15.1. The number of aliphatic hydroxyl groups is 1. The number of aliphatic hydroxyl groups excluding tert-OH is 1. The molecule has 5 atom stereocenters. The maximum Gasteiger partial charge on any atom is 0.214 e. The molecule has 0 spiro atoms. The van der Waals surface area contributed by atoms with E-state index in [0.717, 1.165) is 11.6 Å². The molecule has 0 saturated heterocycles. The van der Waals surface area contributed by atoms with Gasteiger partial charge in [-0.2, -0.15) is 0 Å². The lowest BCUT2D eigenvalue weighted by atomic mass is 9.68. The van der Waals surface area contributed by atoms with Crippen LogP contribution in [0.4, 0.5) is 8.78 Å². The van der Waals surface area contributed by atoms with Crippen LogP contribution in [-0.2, 0) is 20.8 Å². The number of alkyl halides is 1. The van der Waals surface area contributed by atoms with Gasteiger partial charge in [-0.3, -0.25) is 10.3 Å². The SMILES string of the molecule is COC(CNC1=NC[C@@H](C2(C)C(F)=CC(Cl)=CC2F)[C@@H]1NC(O)OCc1ccccc1)OC. The van der Waals surface area contributed by atoms with Gasteiger partial charge in [0.25, 0.3) is 0 Å². The number of halogens is 3. The zero-order valence-corrected chi connectivity index (χ0v) is 19.6. The highest BCUT2D eigenvalue weighted by Gasteiger charge is 2.53. The Morgan fingerprint density at radius 3 is 2.61 bits per heavy atom. The molecule has 3 unspecified atom stereocenters. The summed E-state index contributed by atoms with van der Waals surface area (Å²) in [5.41, 5.74) is -0.669. The van der Waals surface area contributed by atoms with Crippen LogP contribution < -0.4 is 10.6 Å². The van der Waals surface area contributed by atoms with Gasteiger partial charge < -0.3 is 24.6 Å². The normalized spacial score (nSPS) is 28.4. The molecule has 0 fully saturated rings. The summed E-state index contributed by atoms with van der Waals surface area (Å²) in [4.78, 5) is 4.47. The molecule has 0 aromatic heterocycles. The van der Waals surface area contributed by atoms with E-state index in [2.05, 4.69) is 15.6 Å². The second-order valence-electron chi connectivity index (χ2n) is 8.14. The standard InChI is InChI=1S/C23H30ClF2N3O4/c1-23(17(25)9-15(24)10-18(23)26)16-11-27-21(28-12-19(31-2)32-3)20(16)29-22(30)33-13-14-7-5-4-6-8-14/h4-10,16-17,19-20,22,29-30H,11-13H2,1-3H3,(H,27,28)/t16-,17?,20+,22?,23?/m1/s1. The van der Waals surface area contributed by atoms with Gasteiger partial charge in [0.15, 0.2) is 6.29 Å². The number of nitrogens with one attached hydrogen (secondary N) is 2. The molecule has 3 rings (SSSR count). The van der Waals surface area contributed by atoms with Crippen molar-refractivity contribution in [3.05, 3.63) is 58.9 Å². The number of nitrogens with zero attached hydrogens (tertiary/aromatic N) is 1. The minimum Gasteiger partial charge on any atom is -0.367 e. The quantitative estimate of drug-likeness (QED) is 0.442. The first-order valence-electron chi connectivity index (χ1n) is 10.6. The van der Waals surface area contributed by atoms with Crippen LogP contribution >= 0.6 is 11.6 Å². The molecule has 1 heterocycles. The maximum absolute atomic E-state index is 15.1. The van der Waals surface area contributed by atoms with Crippen molar-refractivity contribution in [3.63, 3.8) is 0 Å². The van der Waals surface area contributed by atoms with Crippen molar-refractivity contribution in [3.8, 4) is 0 Å². The monoisotopic (exact) mass is 485 g/mol. The molecule has 2 aliphatic rings. The number of ether oxygens (including phenoxy) is 3. The second kappa shape index (κ2) is 11.5. The van der Waals surface area contributed by atoms with E-state index in [-0.39, 0.29) is 24.7 Å². The topological polar surface area (TPSA) is 84.3 Å². The number of amidine groups is 1. The lowest BCUT2D eigenvalue weighted by molar-refractivity contribution is -0.135. The molecule has 1 aliphatic heterocycles. The predicted octanol–water partition coefficient (Wildman–Crippen LogP) is 3.01. The van der Waals surface area contributed by atoms with Crippen molar-refractivity contribution in [2.75, 3.05) is 27.3 Å². The summed E-state index contributed by atoms with van der Waals surface area (Å²) in [5, 5.41) is 16.6. The fraction of sp³-hybridized carbons (Fsp3) is 0.522. The molecule has 0 radical (unpaired) electrons. The zero-order valence-electron chi connectivity index (χ0n) is 18.8. The van der Waals surface area contributed by atoms with Crippen molar-refractivity contribution in [2.24, 2.45) is 16.3 Å². The molecule has 1 aliphatic carbocycles. The van der Waals surface area contributed by atoms with Gasteiger partial charge in [-0.25, -0.2) is 8.78 Å². The molecule has 3 N–H and O–H groups in total. The van der Waals surface area contributed by atoms with E-state index in [1.54, 1.807) is 0 Å². The summed E-state index contributed by atoms with van der Waals surface area (Å²) in [5.74, 6) is -0.934. The van der Waals surface area contributed by atoms with Crippen LogP contribution in [0.5, 0.6) is 0 Å². The molecule has 7 nitrogen and oxygen atoms in total. The number of aliphatic imine (C=N–C) groups is 1. The van der Waals surface area contributed by atoms with Gasteiger partial charge in [-0.05, 0) is 24.6 Å². The summed E-state index contributed by atoms with van der Waals surface area (Å²) in [6.45, 7) is 2.01. The summed E-state index contributed by atoms with van der Waals surface area (Å²) >= 11 is 5.87. The van der Waals surface area contributed by atoms with Crippen LogP contribution in [0.25, 0.3) is 0 Å². The van der Waals surface area contributed by atoms with Crippen molar-refractivity contribution >= 4 is 17.4 Å². The summed E-state index contributed by atoms with van der Waals surface area (Å²) in [7, 11) is 3.00. The van der Waals surface area contributed by atoms with Crippen LogP contribution in [0.3, 0.4) is 0 Å². The lowest BCUT2D eigenvalue weighted by Crippen LogP contribution is -2.56. The van der Waals surface area contributed by atoms with E-state index in [0.29, 0.717) is 5.84 Å². The fourth-order valence-electron chi connectivity index (χ4n) is 4.04.